The standard InChI is InChI=1S/C10H15NO5S/c12-9-3-2-8(6-10(9)13)7-11-4-1-5-16-17(14)15/h2-3,6,11-13H,1,4-5,7H2,(H,14,15)/p-1. The number of hydrogen-bond acceptors (Lipinski definition) is 6. The monoisotopic (exact) mass is 260 g/mol. The molecule has 1 aromatic carbocycles. The average molecular weight is 260 g/mol. The van der Waals surface area contributed by atoms with Crippen molar-refractivity contribution in [3.8, 4) is 11.5 Å². The van der Waals surface area contributed by atoms with Crippen LogP contribution < -0.4 is 5.32 Å². The van der Waals surface area contributed by atoms with Gasteiger partial charge in [0.2, 0.25) is 0 Å². The molecule has 0 aromatic heterocycles. The molecular formula is C10H14NO5S-. The first-order valence-corrected chi connectivity index (χ1v) is 6.03. The lowest BCUT2D eigenvalue weighted by Crippen LogP contribution is -2.16. The van der Waals surface area contributed by atoms with Crippen LogP contribution in [0.5, 0.6) is 11.5 Å². The van der Waals surface area contributed by atoms with Crippen LogP contribution in [-0.2, 0) is 22.1 Å². The van der Waals surface area contributed by atoms with Gasteiger partial charge >= 0.3 is 0 Å². The van der Waals surface area contributed by atoms with E-state index in [4.69, 9.17) is 5.11 Å². The molecule has 0 fully saturated rings. The summed E-state index contributed by atoms with van der Waals surface area (Å²) in [5.41, 5.74) is 0.827. The normalized spacial score (nSPS) is 12.5. The van der Waals surface area contributed by atoms with Gasteiger partial charge in [-0.25, -0.2) is 4.21 Å². The second-order valence-electron chi connectivity index (χ2n) is 3.38. The minimum Gasteiger partial charge on any atom is -0.750 e. The fraction of sp³-hybridized carbons (Fsp3) is 0.400. The van der Waals surface area contributed by atoms with E-state index in [0.717, 1.165) is 5.56 Å². The number of benzene rings is 1. The Kier molecular flexibility index (Phi) is 5.92. The number of hydrogen-bond donors (Lipinski definition) is 3. The van der Waals surface area contributed by atoms with Gasteiger partial charge in [-0.15, -0.1) is 0 Å². The highest BCUT2D eigenvalue weighted by atomic mass is 32.2. The smallest absolute Gasteiger partial charge is 0.157 e. The predicted molar refractivity (Wildman–Crippen MR) is 61.0 cm³/mol. The molecule has 96 valence electrons. The summed E-state index contributed by atoms with van der Waals surface area (Å²) in [5.74, 6) is -0.311. The molecular weight excluding hydrogens is 246 g/mol. The Morgan fingerprint density at radius 1 is 1.35 bits per heavy atom. The fourth-order valence-electron chi connectivity index (χ4n) is 1.24. The van der Waals surface area contributed by atoms with Gasteiger partial charge in [-0.05, 0) is 30.7 Å². The predicted octanol–water partition coefficient (Wildman–Crippen LogP) is 0.388. The van der Waals surface area contributed by atoms with Crippen molar-refractivity contribution in [3.63, 3.8) is 0 Å². The summed E-state index contributed by atoms with van der Waals surface area (Å²) in [6.07, 6.45) is 0.568. The van der Waals surface area contributed by atoms with Gasteiger partial charge in [-0.3, -0.25) is 0 Å². The van der Waals surface area contributed by atoms with Gasteiger partial charge in [0.1, 0.15) is 0 Å². The Bertz CT molecular complexity index is 385. The molecule has 0 saturated carbocycles. The Labute approximate surface area is 102 Å². The average Bonchev–Trinajstić information content (AvgIpc) is 2.27. The van der Waals surface area contributed by atoms with E-state index in [1.165, 1.54) is 12.1 Å². The maximum absolute atomic E-state index is 10.0. The molecule has 0 spiro atoms. The van der Waals surface area contributed by atoms with Gasteiger partial charge in [0, 0.05) is 6.54 Å². The third-order valence-electron chi connectivity index (χ3n) is 2.05. The highest BCUT2D eigenvalue weighted by molar-refractivity contribution is 7.74. The number of nitrogens with one attached hydrogen (secondary N) is 1. The molecule has 17 heavy (non-hydrogen) atoms. The van der Waals surface area contributed by atoms with Crippen LogP contribution in [0, 0.1) is 0 Å². The minimum atomic E-state index is -2.45. The fourth-order valence-corrected chi connectivity index (χ4v) is 1.49. The molecule has 0 saturated heterocycles. The van der Waals surface area contributed by atoms with Crippen molar-refractivity contribution in [2.75, 3.05) is 13.2 Å². The van der Waals surface area contributed by atoms with Gasteiger partial charge in [0.25, 0.3) is 0 Å². The highest BCUT2D eigenvalue weighted by Gasteiger charge is 1.99. The van der Waals surface area contributed by atoms with Crippen molar-refractivity contribution in [2.24, 2.45) is 0 Å². The van der Waals surface area contributed by atoms with E-state index in [2.05, 4.69) is 9.50 Å². The highest BCUT2D eigenvalue weighted by Crippen LogP contribution is 2.24. The lowest BCUT2D eigenvalue weighted by molar-refractivity contribution is 0.293. The summed E-state index contributed by atoms with van der Waals surface area (Å²) in [5, 5.41) is 21.4. The van der Waals surface area contributed by atoms with E-state index >= 15 is 0 Å². The molecule has 0 aliphatic carbocycles. The molecule has 7 heteroatoms. The first kappa shape index (κ1) is 13.9. The van der Waals surface area contributed by atoms with Crippen LogP contribution in [0.1, 0.15) is 12.0 Å². The van der Waals surface area contributed by atoms with Crippen LogP contribution in [0.4, 0.5) is 0 Å². The van der Waals surface area contributed by atoms with Gasteiger partial charge in [0.15, 0.2) is 11.5 Å². The summed E-state index contributed by atoms with van der Waals surface area (Å²) in [6.45, 7) is 1.26. The topological polar surface area (TPSA) is 102 Å². The first-order valence-electron chi connectivity index (χ1n) is 5.03. The lowest BCUT2D eigenvalue weighted by Gasteiger charge is -2.07. The second kappa shape index (κ2) is 7.23. The van der Waals surface area contributed by atoms with Gasteiger partial charge in [-0.2, -0.15) is 0 Å². The quantitative estimate of drug-likeness (QED) is 0.372. The van der Waals surface area contributed by atoms with E-state index in [9.17, 15) is 13.9 Å². The summed E-state index contributed by atoms with van der Waals surface area (Å²) in [7, 11) is 0. The molecule has 0 radical (unpaired) electrons. The van der Waals surface area contributed by atoms with Crippen molar-refractivity contribution < 1.29 is 23.2 Å². The van der Waals surface area contributed by atoms with Gasteiger partial charge in [-0.1, -0.05) is 6.07 Å². The van der Waals surface area contributed by atoms with Gasteiger partial charge < -0.3 is 24.3 Å². The van der Waals surface area contributed by atoms with E-state index < -0.39 is 11.4 Å². The maximum Gasteiger partial charge on any atom is 0.157 e. The largest absolute Gasteiger partial charge is 0.750 e. The molecule has 0 bridgehead atoms. The molecule has 0 aliphatic rings. The van der Waals surface area contributed by atoms with Crippen molar-refractivity contribution in [1.29, 1.82) is 0 Å². The first-order chi connectivity index (χ1) is 8.09. The zero-order valence-electron chi connectivity index (χ0n) is 9.09. The van der Waals surface area contributed by atoms with Crippen LogP contribution >= 0.6 is 0 Å². The van der Waals surface area contributed by atoms with E-state index in [1.54, 1.807) is 6.07 Å². The molecule has 1 atom stereocenters. The Balaban J connectivity index is 2.18. The molecule has 0 aliphatic heterocycles. The summed E-state index contributed by atoms with van der Waals surface area (Å²) < 4.78 is 24.4. The summed E-state index contributed by atoms with van der Waals surface area (Å²) in [4.78, 5) is 0. The Morgan fingerprint density at radius 3 is 2.76 bits per heavy atom. The number of aromatic hydroxyl groups is 2. The minimum absolute atomic E-state index is 0.143. The third kappa shape index (κ3) is 5.64. The molecule has 3 N–H and O–H groups in total. The Morgan fingerprint density at radius 2 is 2.12 bits per heavy atom. The number of phenolic OH excluding ortho intramolecular Hbond substituents is 2. The molecule has 0 heterocycles. The number of phenols is 2. The van der Waals surface area contributed by atoms with E-state index in [0.29, 0.717) is 19.5 Å². The van der Waals surface area contributed by atoms with Crippen molar-refractivity contribution >= 4 is 11.4 Å². The van der Waals surface area contributed by atoms with E-state index in [-0.39, 0.29) is 18.1 Å². The van der Waals surface area contributed by atoms with Crippen LogP contribution in [-0.4, -0.2) is 32.1 Å². The van der Waals surface area contributed by atoms with Crippen LogP contribution in [0.25, 0.3) is 0 Å². The summed E-state index contributed by atoms with van der Waals surface area (Å²) in [6, 6.07) is 4.56. The molecule has 0 amide bonds. The summed E-state index contributed by atoms with van der Waals surface area (Å²) >= 11 is -2.45. The van der Waals surface area contributed by atoms with E-state index in [1.807, 2.05) is 0 Å². The van der Waals surface area contributed by atoms with Gasteiger partial charge in [0.05, 0.1) is 18.0 Å². The molecule has 6 nitrogen and oxygen atoms in total. The zero-order chi connectivity index (χ0) is 12.7. The SMILES string of the molecule is O=S([O-])OCCCNCc1ccc(O)c(O)c1. The van der Waals surface area contributed by atoms with Crippen LogP contribution in [0.15, 0.2) is 18.2 Å². The maximum atomic E-state index is 10.0. The van der Waals surface area contributed by atoms with Crippen molar-refractivity contribution in [2.45, 2.75) is 13.0 Å². The van der Waals surface area contributed by atoms with Crippen molar-refractivity contribution in [3.05, 3.63) is 23.8 Å². The van der Waals surface area contributed by atoms with Crippen LogP contribution in [0.2, 0.25) is 0 Å². The van der Waals surface area contributed by atoms with Crippen LogP contribution in [0.3, 0.4) is 0 Å². The molecule has 1 unspecified atom stereocenters. The number of rotatable bonds is 7. The van der Waals surface area contributed by atoms with Crippen molar-refractivity contribution in [1.82, 2.24) is 5.32 Å². The molecule has 1 rings (SSSR count). The lowest BCUT2D eigenvalue weighted by atomic mass is 10.2. The second-order valence-corrected chi connectivity index (χ2v) is 4.02. The zero-order valence-corrected chi connectivity index (χ0v) is 9.90. The Hall–Kier alpha value is -1.15. The third-order valence-corrected chi connectivity index (χ3v) is 2.41. The molecule has 1 aromatic rings.